The van der Waals surface area contributed by atoms with E-state index in [0.717, 1.165) is 5.56 Å². The molecule has 0 saturated carbocycles. The molecule has 0 aliphatic rings. The Labute approximate surface area is 152 Å². The molecule has 2 amide bonds. The van der Waals surface area contributed by atoms with Gasteiger partial charge in [-0.05, 0) is 45.4 Å². The molecule has 7 nitrogen and oxygen atoms in total. The summed E-state index contributed by atoms with van der Waals surface area (Å²) in [5.41, 5.74) is 0.784. The SMILES string of the molecule is Cc1ccc(Cl)cc1NC(=O)COC(=O)CCNC(=O)OC(C)(C)C. The Kier molecular flexibility index (Phi) is 7.70. The first kappa shape index (κ1) is 20.8. The molecule has 0 aliphatic carbocycles. The maximum absolute atomic E-state index is 11.8. The van der Waals surface area contributed by atoms with Crippen molar-refractivity contribution in [3.8, 4) is 0 Å². The number of anilines is 1. The van der Waals surface area contributed by atoms with Gasteiger partial charge in [0.1, 0.15) is 5.60 Å². The third-order valence-corrected chi connectivity index (χ3v) is 3.07. The molecule has 1 aromatic carbocycles. The van der Waals surface area contributed by atoms with Gasteiger partial charge in [-0.2, -0.15) is 0 Å². The molecule has 0 saturated heterocycles. The van der Waals surface area contributed by atoms with Crippen molar-refractivity contribution in [2.24, 2.45) is 0 Å². The zero-order valence-electron chi connectivity index (χ0n) is 14.8. The molecule has 25 heavy (non-hydrogen) atoms. The number of alkyl carbamates (subject to hydrolysis) is 1. The predicted molar refractivity (Wildman–Crippen MR) is 94.6 cm³/mol. The molecule has 0 atom stereocenters. The molecule has 0 unspecified atom stereocenters. The molecule has 1 rings (SSSR count). The standard InChI is InChI=1S/C17H23ClN2O5/c1-11-5-6-12(18)9-13(11)20-14(21)10-24-15(22)7-8-19-16(23)25-17(2,3)4/h5-6,9H,7-8,10H2,1-4H3,(H,19,23)(H,20,21). The highest BCUT2D eigenvalue weighted by atomic mass is 35.5. The minimum atomic E-state index is -0.616. The monoisotopic (exact) mass is 370 g/mol. The molecule has 0 aromatic heterocycles. The van der Waals surface area contributed by atoms with Gasteiger partial charge in [0.05, 0.1) is 6.42 Å². The van der Waals surface area contributed by atoms with Gasteiger partial charge in [0.25, 0.3) is 5.91 Å². The first-order valence-corrected chi connectivity index (χ1v) is 8.13. The van der Waals surface area contributed by atoms with E-state index in [4.69, 9.17) is 21.1 Å². The van der Waals surface area contributed by atoms with Crippen LogP contribution in [0.2, 0.25) is 5.02 Å². The summed E-state index contributed by atoms with van der Waals surface area (Å²) in [5.74, 6) is -1.08. The lowest BCUT2D eigenvalue weighted by atomic mass is 10.2. The van der Waals surface area contributed by atoms with Crippen molar-refractivity contribution < 1.29 is 23.9 Å². The van der Waals surface area contributed by atoms with E-state index in [1.807, 2.05) is 6.92 Å². The van der Waals surface area contributed by atoms with Crippen LogP contribution in [-0.4, -0.2) is 36.7 Å². The Bertz CT molecular complexity index is 640. The summed E-state index contributed by atoms with van der Waals surface area (Å²) < 4.78 is 9.88. The number of rotatable bonds is 6. The lowest BCUT2D eigenvalue weighted by Crippen LogP contribution is -2.34. The van der Waals surface area contributed by atoms with Crippen molar-refractivity contribution in [2.45, 2.75) is 39.7 Å². The lowest BCUT2D eigenvalue weighted by Gasteiger charge is -2.19. The minimum Gasteiger partial charge on any atom is -0.456 e. The smallest absolute Gasteiger partial charge is 0.407 e. The summed E-state index contributed by atoms with van der Waals surface area (Å²) in [6.45, 7) is 6.67. The molecule has 0 bridgehead atoms. The number of amides is 2. The summed E-state index contributed by atoms with van der Waals surface area (Å²) in [7, 11) is 0. The van der Waals surface area contributed by atoms with E-state index in [1.165, 1.54) is 0 Å². The highest BCUT2D eigenvalue weighted by Crippen LogP contribution is 2.19. The van der Waals surface area contributed by atoms with E-state index in [-0.39, 0.29) is 13.0 Å². The number of esters is 1. The fourth-order valence-electron chi connectivity index (χ4n) is 1.71. The quantitative estimate of drug-likeness (QED) is 0.750. The van der Waals surface area contributed by atoms with Crippen molar-refractivity contribution in [2.75, 3.05) is 18.5 Å². The zero-order chi connectivity index (χ0) is 19.0. The van der Waals surface area contributed by atoms with Gasteiger partial charge in [-0.1, -0.05) is 17.7 Å². The number of ether oxygens (including phenoxy) is 2. The maximum Gasteiger partial charge on any atom is 0.407 e. The van der Waals surface area contributed by atoms with Gasteiger partial charge >= 0.3 is 12.1 Å². The number of carbonyl (C=O) groups is 3. The molecule has 0 spiro atoms. The van der Waals surface area contributed by atoms with Crippen molar-refractivity contribution in [3.63, 3.8) is 0 Å². The van der Waals surface area contributed by atoms with E-state index in [0.29, 0.717) is 10.7 Å². The third kappa shape index (κ3) is 8.95. The van der Waals surface area contributed by atoms with Crippen LogP contribution in [0.3, 0.4) is 0 Å². The Morgan fingerprint density at radius 1 is 1.20 bits per heavy atom. The summed E-state index contributed by atoms with van der Waals surface area (Å²) >= 11 is 5.87. The summed E-state index contributed by atoms with van der Waals surface area (Å²) in [4.78, 5) is 34.8. The number of halogens is 1. The largest absolute Gasteiger partial charge is 0.456 e. The van der Waals surface area contributed by atoms with Gasteiger partial charge in [-0.25, -0.2) is 4.79 Å². The third-order valence-electron chi connectivity index (χ3n) is 2.84. The van der Waals surface area contributed by atoms with E-state index >= 15 is 0 Å². The predicted octanol–water partition coefficient (Wildman–Crippen LogP) is 3.04. The van der Waals surface area contributed by atoms with Crippen LogP contribution in [0.15, 0.2) is 18.2 Å². The minimum absolute atomic E-state index is 0.0583. The summed E-state index contributed by atoms with van der Waals surface area (Å²) in [6, 6.07) is 5.10. The van der Waals surface area contributed by atoms with Gasteiger partial charge < -0.3 is 20.1 Å². The highest BCUT2D eigenvalue weighted by Gasteiger charge is 2.16. The molecular weight excluding hydrogens is 348 g/mol. The fraction of sp³-hybridized carbons (Fsp3) is 0.471. The topological polar surface area (TPSA) is 93.7 Å². The fourth-order valence-corrected chi connectivity index (χ4v) is 1.89. The summed E-state index contributed by atoms with van der Waals surface area (Å²) in [6.07, 6.45) is -0.683. The van der Waals surface area contributed by atoms with E-state index in [1.54, 1.807) is 39.0 Å². The molecular formula is C17H23ClN2O5. The normalized spacial score (nSPS) is 10.8. The number of carbonyl (C=O) groups excluding carboxylic acids is 3. The van der Waals surface area contributed by atoms with Crippen molar-refractivity contribution in [1.82, 2.24) is 5.32 Å². The Morgan fingerprint density at radius 3 is 2.52 bits per heavy atom. The average Bonchev–Trinajstić information content (AvgIpc) is 2.47. The number of hydrogen-bond acceptors (Lipinski definition) is 5. The molecule has 1 aromatic rings. The van der Waals surface area contributed by atoms with Gasteiger partial charge in [0.15, 0.2) is 6.61 Å². The average molecular weight is 371 g/mol. The maximum atomic E-state index is 11.8. The zero-order valence-corrected chi connectivity index (χ0v) is 15.5. The van der Waals surface area contributed by atoms with Gasteiger partial charge in [-0.15, -0.1) is 0 Å². The van der Waals surface area contributed by atoms with Crippen molar-refractivity contribution in [1.29, 1.82) is 0 Å². The van der Waals surface area contributed by atoms with Crippen molar-refractivity contribution in [3.05, 3.63) is 28.8 Å². The molecule has 0 aliphatic heterocycles. The Hall–Kier alpha value is -2.28. The van der Waals surface area contributed by atoms with Crippen LogP contribution < -0.4 is 10.6 Å². The van der Waals surface area contributed by atoms with Crippen LogP contribution in [0.1, 0.15) is 32.8 Å². The van der Waals surface area contributed by atoms with E-state index in [9.17, 15) is 14.4 Å². The molecule has 2 N–H and O–H groups in total. The number of aryl methyl sites for hydroxylation is 1. The van der Waals surface area contributed by atoms with Crippen LogP contribution in [0.25, 0.3) is 0 Å². The summed E-state index contributed by atoms with van der Waals surface area (Å²) in [5, 5.41) is 5.54. The van der Waals surface area contributed by atoms with Crippen LogP contribution >= 0.6 is 11.6 Å². The van der Waals surface area contributed by atoms with Gasteiger partial charge in [0.2, 0.25) is 0 Å². The number of benzene rings is 1. The molecule has 138 valence electrons. The van der Waals surface area contributed by atoms with Crippen LogP contribution in [-0.2, 0) is 19.1 Å². The number of nitrogens with one attached hydrogen (secondary N) is 2. The van der Waals surface area contributed by atoms with E-state index < -0.39 is 30.2 Å². The van der Waals surface area contributed by atoms with Crippen LogP contribution in [0.4, 0.5) is 10.5 Å². The first-order chi connectivity index (χ1) is 11.6. The molecule has 8 heteroatoms. The number of hydrogen-bond donors (Lipinski definition) is 2. The van der Waals surface area contributed by atoms with Crippen molar-refractivity contribution >= 4 is 35.3 Å². The molecule has 0 radical (unpaired) electrons. The Morgan fingerprint density at radius 2 is 1.88 bits per heavy atom. The van der Waals surface area contributed by atoms with Crippen LogP contribution in [0.5, 0.6) is 0 Å². The lowest BCUT2D eigenvalue weighted by molar-refractivity contribution is -0.147. The molecule has 0 heterocycles. The van der Waals surface area contributed by atoms with Crippen LogP contribution in [0, 0.1) is 6.92 Å². The van der Waals surface area contributed by atoms with Gasteiger partial charge in [0, 0.05) is 17.3 Å². The Balaban J connectivity index is 2.28. The second-order valence-corrected chi connectivity index (χ2v) is 6.78. The highest BCUT2D eigenvalue weighted by molar-refractivity contribution is 6.31. The van der Waals surface area contributed by atoms with Gasteiger partial charge in [-0.3, -0.25) is 9.59 Å². The molecule has 0 fully saturated rings. The second kappa shape index (κ2) is 9.27. The van der Waals surface area contributed by atoms with E-state index in [2.05, 4.69) is 10.6 Å². The first-order valence-electron chi connectivity index (χ1n) is 7.75. The second-order valence-electron chi connectivity index (χ2n) is 6.35.